The number of phosphoric acid groups is 1. The largest absolute Gasteiger partial charge is 0.472 e. The van der Waals surface area contributed by atoms with Crippen molar-refractivity contribution in [2.75, 3.05) is 40.9 Å². The number of hydrogen-bond donors (Lipinski definition) is 2. The highest BCUT2D eigenvalue weighted by atomic mass is 31.2. The summed E-state index contributed by atoms with van der Waals surface area (Å²) in [7, 11) is 1.49. The van der Waals surface area contributed by atoms with Gasteiger partial charge < -0.3 is 19.4 Å². The fourth-order valence-corrected chi connectivity index (χ4v) is 11.5. The van der Waals surface area contributed by atoms with Gasteiger partial charge >= 0.3 is 13.8 Å². The molecule has 0 saturated heterocycles. The van der Waals surface area contributed by atoms with E-state index in [2.05, 4.69) is 111 Å². The van der Waals surface area contributed by atoms with E-state index in [1.54, 1.807) is 0 Å². The normalized spacial score (nSPS) is 14.0. The van der Waals surface area contributed by atoms with Crippen LogP contribution in [0.5, 0.6) is 0 Å². The summed E-state index contributed by atoms with van der Waals surface area (Å²) in [6.45, 7) is 6.93. The highest BCUT2D eigenvalue weighted by Gasteiger charge is 2.30. The molecular formula is C79H144N2O7P+. The van der Waals surface area contributed by atoms with Crippen LogP contribution in [0.15, 0.2) is 97.2 Å². The van der Waals surface area contributed by atoms with Gasteiger partial charge in [0.15, 0.2) is 0 Å². The number of ether oxygens (including phenoxy) is 1. The molecule has 0 spiro atoms. The van der Waals surface area contributed by atoms with Crippen LogP contribution in [-0.4, -0.2) is 74.3 Å². The number of phosphoric ester groups is 1. The number of nitrogens with one attached hydrogen (secondary N) is 1. The second kappa shape index (κ2) is 67.8. The number of rotatable bonds is 68. The van der Waals surface area contributed by atoms with Gasteiger partial charge in [-0.1, -0.05) is 317 Å². The molecule has 10 heteroatoms. The van der Waals surface area contributed by atoms with Gasteiger partial charge in [-0.2, -0.15) is 0 Å². The Bertz CT molecular complexity index is 1840. The van der Waals surface area contributed by atoms with Gasteiger partial charge in [-0.25, -0.2) is 4.57 Å². The minimum absolute atomic E-state index is 0.0362. The summed E-state index contributed by atoms with van der Waals surface area (Å²) in [6.07, 6.45) is 92.8. The number of likely N-dealkylation sites (N-methyl/N-ethyl adjacent to an activating group) is 1. The molecule has 0 aromatic carbocycles. The van der Waals surface area contributed by atoms with E-state index in [0.717, 1.165) is 109 Å². The Kier molecular flexibility index (Phi) is 65.5. The summed E-state index contributed by atoms with van der Waals surface area (Å²) in [4.78, 5) is 38.0. The first-order chi connectivity index (χ1) is 43.4. The molecule has 3 unspecified atom stereocenters. The molecule has 0 bridgehead atoms. The van der Waals surface area contributed by atoms with Crippen LogP contribution >= 0.6 is 7.82 Å². The van der Waals surface area contributed by atoms with Crippen molar-refractivity contribution in [3.05, 3.63) is 97.2 Å². The second-order valence-electron chi connectivity index (χ2n) is 26.4. The number of nitrogens with zero attached hydrogens (tertiary/aromatic N) is 1. The Hall–Kier alpha value is -3.07. The number of hydrogen-bond acceptors (Lipinski definition) is 6. The van der Waals surface area contributed by atoms with E-state index in [4.69, 9.17) is 13.8 Å². The number of carbonyl (C=O) groups excluding carboxylic acids is 2. The number of unbranched alkanes of at least 4 members (excludes halogenated alkanes) is 38. The lowest BCUT2D eigenvalue weighted by molar-refractivity contribution is -0.870. The minimum Gasteiger partial charge on any atom is -0.456 e. The summed E-state index contributed by atoms with van der Waals surface area (Å²) >= 11 is 0. The summed E-state index contributed by atoms with van der Waals surface area (Å²) in [5.74, 6) is -0.507. The zero-order valence-corrected chi connectivity index (χ0v) is 60.1. The predicted octanol–water partition coefficient (Wildman–Crippen LogP) is 24.2. The molecule has 2 N–H and O–H groups in total. The minimum atomic E-state index is -4.46. The van der Waals surface area contributed by atoms with Gasteiger partial charge in [0.05, 0.1) is 33.8 Å². The Morgan fingerprint density at radius 2 is 0.719 bits per heavy atom. The third-order valence-electron chi connectivity index (χ3n) is 16.5. The highest BCUT2D eigenvalue weighted by Crippen LogP contribution is 2.43. The molecule has 0 heterocycles. The van der Waals surface area contributed by atoms with E-state index in [-0.39, 0.29) is 31.5 Å². The molecule has 0 aliphatic carbocycles. The molecule has 0 aromatic rings. The van der Waals surface area contributed by atoms with Crippen molar-refractivity contribution in [2.24, 2.45) is 0 Å². The zero-order chi connectivity index (χ0) is 64.9. The first kappa shape index (κ1) is 85.9. The zero-order valence-electron chi connectivity index (χ0n) is 59.2. The molecule has 0 fully saturated rings. The molecule has 0 saturated carbocycles. The molecule has 9 nitrogen and oxygen atoms in total. The standard InChI is InChI=1S/C79H143N2O7P/c1-7-10-13-16-19-22-25-28-30-32-34-36-38-39-40-41-43-45-47-49-51-54-57-60-63-66-69-72-79(83)88-77(70-67-64-61-58-55-52-27-24-21-18-15-12-9-3)76(75-87-89(84,85)86-74-73-81(4,5)6)80-78(82)71-68-65-62-59-56-53-50-48-46-44-42-37-35-33-31-29-26-23-20-17-14-11-8-2/h10,13,19,22,28-31,34,36,39-40,43,45,67,70,76-77H,7-9,11-12,14-18,20-21,23-27,32-33,35,37-38,41-42,44,46-66,68-69,71-75H2,1-6H3,(H-,80,82,84,85)/p+1/b13-10-,22-19-,30-28-,31-29+,36-34-,40-39-,45-43-,70-67+. The first-order valence-corrected chi connectivity index (χ1v) is 39.1. The molecule has 0 aliphatic heterocycles. The van der Waals surface area contributed by atoms with Gasteiger partial charge in [0.1, 0.15) is 19.3 Å². The van der Waals surface area contributed by atoms with Crippen LogP contribution in [0.25, 0.3) is 0 Å². The maximum Gasteiger partial charge on any atom is 0.472 e. The summed E-state index contributed by atoms with van der Waals surface area (Å²) in [5, 5.41) is 3.08. The first-order valence-electron chi connectivity index (χ1n) is 37.6. The van der Waals surface area contributed by atoms with Gasteiger partial charge in [-0.15, -0.1) is 0 Å². The maximum absolute atomic E-state index is 13.7. The molecule has 0 aliphatic rings. The van der Waals surface area contributed by atoms with Gasteiger partial charge in [0.2, 0.25) is 5.91 Å². The topological polar surface area (TPSA) is 111 Å². The molecule has 1 amide bonds. The SMILES string of the molecule is CC/C=C\C/C=C\C/C=C\C/C=C\C/C=C\C/C=C\CCCCCCCCCCC(=O)OC(/C=C/CCCCCCCCCCCCC)C(COP(=O)(O)OCC[N+](C)(C)C)NC(=O)CCCCCCCCCCCCCCC/C=C/CCCCCCCC. The van der Waals surface area contributed by atoms with Crippen LogP contribution in [0.3, 0.4) is 0 Å². The average molecular weight is 1270 g/mol. The second-order valence-corrected chi connectivity index (χ2v) is 27.9. The molecule has 0 rings (SSSR count). The third-order valence-corrected chi connectivity index (χ3v) is 17.5. The van der Waals surface area contributed by atoms with Crippen molar-refractivity contribution in [2.45, 2.75) is 354 Å². The number of quaternary nitrogens is 1. The van der Waals surface area contributed by atoms with E-state index in [1.807, 2.05) is 33.3 Å². The van der Waals surface area contributed by atoms with Crippen LogP contribution < -0.4 is 5.32 Å². The smallest absolute Gasteiger partial charge is 0.456 e. The quantitative estimate of drug-likeness (QED) is 0.0205. The Labute approximate surface area is 551 Å². The average Bonchev–Trinajstić information content (AvgIpc) is 3.63. The van der Waals surface area contributed by atoms with Crippen LogP contribution in [0, 0.1) is 0 Å². The van der Waals surface area contributed by atoms with Crippen molar-refractivity contribution < 1.29 is 37.3 Å². The fourth-order valence-electron chi connectivity index (χ4n) is 10.8. The van der Waals surface area contributed by atoms with Crippen LogP contribution in [0.4, 0.5) is 0 Å². The number of esters is 1. The molecule has 0 aromatic heterocycles. The van der Waals surface area contributed by atoms with Crippen LogP contribution in [0.2, 0.25) is 0 Å². The molecule has 3 atom stereocenters. The van der Waals surface area contributed by atoms with Crippen molar-refractivity contribution in [1.29, 1.82) is 0 Å². The van der Waals surface area contributed by atoms with Crippen molar-refractivity contribution >= 4 is 19.7 Å². The predicted molar refractivity (Wildman–Crippen MR) is 387 cm³/mol. The van der Waals surface area contributed by atoms with Crippen molar-refractivity contribution in [3.8, 4) is 0 Å². The van der Waals surface area contributed by atoms with Gasteiger partial charge in [0, 0.05) is 12.8 Å². The summed E-state index contributed by atoms with van der Waals surface area (Å²) < 4.78 is 30.9. The Balaban J connectivity index is 5.07. The van der Waals surface area contributed by atoms with Crippen LogP contribution in [0.1, 0.15) is 342 Å². The van der Waals surface area contributed by atoms with E-state index in [1.165, 1.54) is 199 Å². The number of amides is 1. The lowest BCUT2D eigenvalue weighted by Crippen LogP contribution is -2.47. The molecule has 516 valence electrons. The third kappa shape index (κ3) is 69.1. The Morgan fingerprint density at radius 3 is 1.09 bits per heavy atom. The van der Waals surface area contributed by atoms with E-state index in [0.29, 0.717) is 17.4 Å². The lowest BCUT2D eigenvalue weighted by atomic mass is 10.0. The van der Waals surface area contributed by atoms with Crippen molar-refractivity contribution in [3.63, 3.8) is 0 Å². The van der Waals surface area contributed by atoms with Crippen LogP contribution in [-0.2, 0) is 27.9 Å². The van der Waals surface area contributed by atoms with E-state index in [9.17, 15) is 19.0 Å². The molecule has 89 heavy (non-hydrogen) atoms. The van der Waals surface area contributed by atoms with Gasteiger partial charge in [0.25, 0.3) is 0 Å². The lowest BCUT2D eigenvalue weighted by Gasteiger charge is -2.27. The maximum atomic E-state index is 13.7. The summed E-state index contributed by atoms with van der Waals surface area (Å²) in [6, 6.07) is -0.858. The molecule has 0 radical (unpaired) electrons. The number of allylic oxidation sites excluding steroid dienone is 15. The van der Waals surface area contributed by atoms with Gasteiger partial charge in [-0.05, 0) is 109 Å². The van der Waals surface area contributed by atoms with E-state index < -0.39 is 20.0 Å². The Morgan fingerprint density at radius 1 is 0.404 bits per heavy atom. The van der Waals surface area contributed by atoms with Crippen molar-refractivity contribution in [1.82, 2.24) is 5.32 Å². The fraction of sp³-hybridized carbons (Fsp3) is 0.772. The highest BCUT2D eigenvalue weighted by molar-refractivity contribution is 7.47. The monoisotopic (exact) mass is 1260 g/mol. The molecular weight excluding hydrogens is 1120 g/mol. The summed E-state index contributed by atoms with van der Waals surface area (Å²) in [5.41, 5.74) is 0. The van der Waals surface area contributed by atoms with Gasteiger partial charge in [-0.3, -0.25) is 18.6 Å². The van der Waals surface area contributed by atoms with E-state index >= 15 is 0 Å². The number of carbonyl (C=O) groups is 2.